The van der Waals surface area contributed by atoms with E-state index in [-0.39, 0.29) is 34.0 Å². The summed E-state index contributed by atoms with van der Waals surface area (Å²) in [6, 6.07) is 0. The maximum absolute atomic E-state index is 13.1. The highest BCUT2D eigenvalue weighted by Crippen LogP contribution is 2.67. The zero-order valence-electron chi connectivity index (χ0n) is 18.2. The topological polar surface area (TPSA) is 46.2 Å². The van der Waals surface area contributed by atoms with Crippen LogP contribution < -0.4 is 5.32 Å². The zero-order valence-corrected chi connectivity index (χ0v) is 18.9. The lowest BCUT2D eigenvalue weighted by atomic mass is 9.47. The molecule has 0 aliphatic heterocycles. The first-order valence-corrected chi connectivity index (χ1v) is 11.6. The Bertz CT molecular complexity index is 735. The maximum Gasteiger partial charge on any atom is 0.224 e. The molecule has 0 aromatic carbocycles. The molecule has 0 saturated heterocycles. The Kier molecular flexibility index (Phi) is 4.81. The molecule has 0 aromatic heterocycles. The van der Waals surface area contributed by atoms with E-state index in [0.29, 0.717) is 29.2 Å². The van der Waals surface area contributed by atoms with Gasteiger partial charge in [-0.25, -0.2) is 0 Å². The number of fused-ring (bicyclic) bond motifs is 5. The van der Waals surface area contributed by atoms with Crippen molar-refractivity contribution in [3.63, 3.8) is 0 Å². The van der Waals surface area contributed by atoms with Gasteiger partial charge >= 0.3 is 0 Å². The van der Waals surface area contributed by atoms with Crippen LogP contribution in [0.1, 0.15) is 86.0 Å². The van der Waals surface area contributed by atoms with Gasteiger partial charge in [-0.05, 0) is 99.9 Å². The first kappa shape index (κ1) is 20.4. The molecule has 0 radical (unpaired) electrons. The molecular weight excluding hydrogens is 370 g/mol. The molecule has 1 amide bonds. The van der Waals surface area contributed by atoms with Crippen molar-refractivity contribution < 1.29 is 9.59 Å². The van der Waals surface area contributed by atoms with Crippen LogP contribution in [-0.2, 0) is 9.59 Å². The molecule has 0 bridgehead atoms. The maximum atomic E-state index is 13.1. The van der Waals surface area contributed by atoms with Crippen molar-refractivity contribution >= 4 is 23.3 Å². The summed E-state index contributed by atoms with van der Waals surface area (Å²) in [7, 11) is 0. The van der Waals surface area contributed by atoms with E-state index in [0.717, 1.165) is 38.5 Å². The summed E-state index contributed by atoms with van der Waals surface area (Å²) in [5, 5.41) is 3.80. The standard InChI is InChI=1S/C24H36ClNO2/c1-22(2,3)26-21(28)18-9-8-15-14-6-7-17-20(25)19(27)11-13-23(17,4)16(14)10-12-24(15,18)5/h14-16,18H,6-13H2,1-5H3,(H,26,28)/t14-,15-,16-,18+,23+,24-/m0/s1. The van der Waals surface area contributed by atoms with Crippen LogP contribution in [0.4, 0.5) is 0 Å². The van der Waals surface area contributed by atoms with Crippen LogP contribution >= 0.6 is 11.6 Å². The Labute approximate surface area is 175 Å². The summed E-state index contributed by atoms with van der Waals surface area (Å²) >= 11 is 6.50. The lowest BCUT2D eigenvalue weighted by molar-refractivity contribution is -0.134. The number of hydrogen-bond donors (Lipinski definition) is 1. The number of amides is 1. The van der Waals surface area contributed by atoms with Crippen molar-refractivity contribution in [2.24, 2.45) is 34.5 Å². The number of hydrogen-bond acceptors (Lipinski definition) is 2. The predicted octanol–water partition coefficient (Wildman–Crippen LogP) is 5.62. The third-order valence-electron chi connectivity index (χ3n) is 8.87. The molecule has 3 nitrogen and oxygen atoms in total. The van der Waals surface area contributed by atoms with Gasteiger partial charge in [-0.1, -0.05) is 25.4 Å². The average molecular weight is 406 g/mol. The van der Waals surface area contributed by atoms with Gasteiger partial charge in [0.1, 0.15) is 0 Å². The van der Waals surface area contributed by atoms with Gasteiger partial charge in [-0.3, -0.25) is 9.59 Å². The van der Waals surface area contributed by atoms with Crippen LogP contribution in [0, 0.1) is 34.5 Å². The van der Waals surface area contributed by atoms with E-state index in [1.54, 1.807) is 0 Å². The normalized spacial score (nSPS) is 43.3. The van der Waals surface area contributed by atoms with Crippen LogP contribution in [0.25, 0.3) is 0 Å². The summed E-state index contributed by atoms with van der Waals surface area (Å²) in [4.78, 5) is 25.3. The summed E-state index contributed by atoms with van der Waals surface area (Å²) in [5.41, 5.74) is 1.27. The summed E-state index contributed by atoms with van der Waals surface area (Å²) in [6.07, 6.45) is 8.12. The Balaban J connectivity index is 1.61. The molecular formula is C24H36ClNO2. The second-order valence-corrected chi connectivity index (χ2v) is 11.8. The third-order valence-corrected chi connectivity index (χ3v) is 9.31. The molecule has 156 valence electrons. The smallest absolute Gasteiger partial charge is 0.224 e. The van der Waals surface area contributed by atoms with Crippen molar-refractivity contribution in [3.8, 4) is 0 Å². The van der Waals surface area contributed by atoms with E-state index in [2.05, 4.69) is 39.9 Å². The van der Waals surface area contributed by atoms with E-state index < -0.39 is 0 Å². The Morgan fingerprint density at radius 1 is 1.04 bits per heavy atom. The highest BCUT2D eigenvalue weighted by Gasteiger charge is 2.60. The monoisotopic (exact) mass is 405 g/mol. The van der Waals surface area contributed by atoms with E-state index >= 15 is 0 Å². The number of carbonyl (C=O) groups is 2. The van der Waals surface area contributed by atoms with Gasteiger partial charge in [0.2, 0.25) is 5.91 Å². The lowest BCUT2D eigenvalue weighted by Gasteiger charge is -2.58. The van der Waals surface area contributed by atoms with E-state index in [1.165, 1.54) is 12.0 Å². The number of carbonyl (C=O) groups excluding carboxylic acids is 2. The number of Topliss-reactive ketones (excluding diaryl/α,β-unsaturated/α-hetero) is 1. The van der Waals surface area contributed by atoms with Crippen molar-refractivity contribution in [2.45, 2.75) is 91.5 Å². The van der Waals surface area contributed by atoms with Gasteiger partial charge in [-0.2, -0.15) is 0 Å². The second kappa shape index (κ2) is 6.59. The van der Waals surface area contributed by atoms with E-state index in [4.69, 9.17) is 11.6 Å². The van der Waals surface area contributed by atoms with Crippen molar-refractivity contribution in [3.05, 3.63) is 10.6 Å². The summed E-state index contributed by atoms with van der Waals surface area (Å²) < 4.78 is 0. The number of ketones is 1. The van der Waals surface area contributed by atoms with Crippen LogP contribution in [0.2, 0.25) is 0 Å². The Hall–Kier alpha value is -0.830. The number of rotatable bonds is 1. The Morgan fingerprint density at radius 2 is 1.75 bits per heavy atom. The van der Waals surface area contributed by atoms with E-state index in [1.807, 2.05) is 0 Å². The number of nitrogens with one attached hydrogen (secondary N) is 1. The summed E-state index contributed by atoms with van der Waals surface area (Å²) in [5.74, 6) is 2.44. The minimum Gasteiger partial charge on any atom is -0.351 e. The molecule has 4 heteroatoms. The highest BCUT2D eigenvalue weighted by atomic mass is 35.5. The number of halogens is 1. The van der Waals surface area contributed by atoms with Crippen LogP contribution in [0.15, 0.2) is 10.6 Å². The molecule has 28 heavy (non-hydrogen) atoms. The van der Waals surface area contributed by atoms with Gasteiger partial charge in [-0.15, -0.1) is 0 Å². The molecule has 3 saturated carbocycles. The average Bonchev–Trinajstić information content (AvgIpc) is 2.94. The largest absolute Gasteiger partial charge is 0.351 e. The predicted molar refractivity (Wildman–Crippen MR) is 113 cm³/mol. The molecule has 0 aromatic rings. The van der Waals surface area contributed by atoms with Crippen molar-refractivity contribution in [2.75, 3.05) is 0 Å². The molecule has 4 rings (SSSR count). The molecule has 4 aliphatic carbocycles. The first-order chi connectivity index (χ1) is 13.0. The fourth-order valence-corrected chi connectivity index (χ4v) is 7.94. The van der Waals surface area contributed by atoms with Gasteiger partial charge < -0.3 is 5.32 Å². The van der Waals surface area contributed by atoms with Crippen molar-refractivity contribution in [1.29, 1.82) is 0 Å². The lowest BCUT2D eigenvalue weighted by Crippen LogP contribution is -2.53. The number of allylic oxidation sites excluding steroid dienone is 1. The van der Waals surface area contributed by atoms with Crippen LogP contribution in [0.3, 0.4) is 0 Å². The highest BCUT2D eigenvalue weighted by molar-refractivity contribution is 6.43. The molecule has 1 N–H and O–H groups in total. The Morgan fingerprint density at radius 3 is 2.43 bits per heavy atom. The molecule has 6 atom stereocenters. The van der Waals surface area contributed by atoms with Crippen LogP contribution in [0.5, 0.6) is 0 Å². The van der Waals surface area contributed by atoms with Gasteiger partial charge in [0.05, 0.1) is 5.03 Å². The minimum atomic E-state index is -0.174. The van der Waals surface area contributed by atoms with Crippen molar-refractivity contribution in [1.82, 2.24) is 5.32 Å². The van der Waals surface area contributed by atoms with Crippen LogP contribution in [-0.4, -0.2) is 17.2 Å². The second-order valence-electron chi connectivity index (χ2n) is 11.5. The van der Waals surface area contributed by atoms with Gasteiger partial charge in [0.15, 0.2) is 5.78 Å². The molecule has 0 spiro atoms. The fraction of sp³-hybridized carbons (Fsp3) is 0.833. The quantitative estimate of drug-likeness (QED) is 0.615. The first-order valence-electron chi connectivity index (χ1n) is 11.2. The fourth-order valence-electron chi connectivity index (χ4n) is 7.54. The third kappa shape index (κ3) is 2.99. The molecule has 3 fully saturated rings. The molecule has 0 heterocycles. The SMILES string of the molecule is CC(C)(C)NC(=O)[C@H]1CC[C@H]2[C@@H]3CCC4=C(Cl)C(=O)CC[C@]4(C)[C@H]3CC[C@]12C. The van der Waals surface area contributed by atoms with Gasteiger partial charge in [0.25, 0.3) is 0 Å². The van der Waals surface area contributed by atoms with Gasteiger partial charge in [0, 0.05) is 17.9 Å². The minimum absolute atomic E-state index is 0.0843. The molecule has 0 unspecified atom stereocenters. The molecule has 4 aliphatic rings. The summed E-state index contributed by atoms with van der Waals surface area (Å²) in [6.45, 7) is 11.0. The van der Waals surface area contributed by atoms with E-state index in [9.17, 15) is 9.59 Å². The zero-order chi connectivity index (χ0) is 20.5.